The fraction of sp³-hybridized carbons (Fsp3) is 0.258. The van der Waals surface area contributed by atoms with E-state index in [9.17, 15) is 14.7 Å². The Morgan fingerprint density at radius 1 is 1.03 bits per heavy atom. The topological polar surface area (TPSA) is 105 Å². The Balaban J connectivity index is 1.42. The van der Waals surface area contributed by atoms with Gasteiger partial charge in [-0.2, -0.15) is 9.78 Å². The molecule has 8 nitrogen and oxygen atoms in total. The van der Waals surface area contributed by atoms with Crippen molar-refractivity contribution in [2.45, 2.75) is 45.1 Å². The number of methoxy groups -OCH3 is 1. The van der Waals surface area contributed by atoms with Gasteiger partial charge in [-0.25, -0.2) is 4.79 Å². The third-order valence-corrected chi connectivity index (χ3v) is 7.11. The summed E-state index contributed by atoms with van der Waals surface area (Å²) in [6.45, 7) is 2.40. The number of carbonyl (C=O) groups is 2. The maximum Gasteiger partial charge on any atom is 0.342 e. The number of nitrogens with zero attached hydrogens (tertiary/aromatic N) is 2. The lowest BCUT2D eigenvalue weighted by atomic mass is 10.0. The molecule has 1 saturated carbocycles. The average Bonchev–Trinajstić information content (AvgIpc) is 3.63. The van der Waals surface area contributed by atoms with Gasteiger partial charge in [0, 0.05) is 23.7 Å². The molecule has 0 atom stereocenters. The summed E-state index contributed by atoms with van der Waals surface area (Å²) in [6.07, 6.45) is 4.17. The van der Waals surface area contributed by atoms with E-state index in [1.807, 2.05) is 37.3 Å². The molecule has 1 aliphatic carbocycles. The predicted molar refractivity (Wildman–Crippen MR) is 150 cm³/mol. The zero-order chi connectivity index (χ0) is 27.4. The van der Waals surface area contributed by atoms with E-state index in [0.29, 0.717) is 34.8 Å². The van der Waals surface area contributed by atoms with Crippen LogP contribution in [-0.2, 0) is 6.54 Å². The summed E-state index contributed by atoms with van der Waals surface area (Å²) in [6, 6.07) is 21.3. The van der Waals surface area contributed by atoms with Gasteiger partial charge in [-0.1, -0.05) is 54.8 Å². The van der Waals surface area contributed by atoms with Crippen LogP contribution in [0.25, 0.3) is 11.3 Å². The van der Waals surface area contributed by atoms with E-state index < -0.39 is 0 Å². The van der Waals surface area contributed by atoms with Crippen LogP contribution in [-0.4, -0.2) is 33.9 Å². The van der Waals surface area contributed by atoms with Crippen molar-refractivity contribution >= 4 is 17.6 Å². The van der Waals surface area contributed by atoms with Crippen LogP contribution in [0.5, 0.6) is 11.5 Å². The van der Waals surface area contributed by atoms with Crippen LogP contribution in [0.4, 0.5) is 10.5 Å². The van der Waals surface area contributed by atoms with Crippen LogP contribution in [0.3, 0.4) is 0 Å². The van der Waals surface area contributed by atoms with Crippen molar-refractivity contribution in [1.29, 1.82) is 0 Å². The molecule has 0 unspecified atom stereocenters. The largest absolute Gasteiger partial charge is 0.507 e. The van der Waals surface area contributed by atoms with E-state index >= 15 is 0 Å². The lowest BCUT2D eigenvalue weighted by Gasteiger charge is -2.12. The molecule has 0 radical (unpaired) electrons. The molecule has 0 spiro atoms. The molecular formula is C31H32N4O4. The summed E-state index contributed by atoms with van der Waals surface area (Å²) < 4.78 is 6.74. The summed E-state index contributed by atoms with van der Waals surface area (Å²) in [5.74, 6) is 0.349. The number of benzene rings is 3. The molecule has 1 aliphatic rings. The van der Waals surface area contributed by atoms with Gasteiger partial charge < -0.3 is 20.5 Å². The molecule has 1 heterocycles. The number of para-hydroxylation sites is 1. The fourth-order valence-electron chi connectivity index (χ4n) is 5.13. The average molecular weight is 525 g/mol. The van der Waals surface area contributed by atoms with Crippen molar-refractivity contribution < 1.29 is 19.4 Å². The normalized spacial score (nSPS) is 13.3. The molecule has 0 aliphatic heterocycles. The van der Waals surface area contributed by atoms with Crippen molar-refractivity contribution in [1.82, 2.24) is 15.1 Å². The predicted octanol–water partition coefficient (Wildman–Crippen LogP) is 6.24. The molecule has 0 saturated heterocycles. The van der Waals surface area contributed by atoms with E-state index in [0.717, 1.165) is 42.5 Å². The zero-order valence-corrected chi connectivity index (χ0v) is 22.1. The highest BCUT2D eigenvalue weighted by Gasteiger charge is 2.26. The standard InChI is InChI=1S/C31H32N4O4/c1-20-8-7-9-21(16-20)19-32-31(38)35-27(22-10-3-4-11-22)18-26(34-35)25-17-23(14-15-28(25)36)33-30(37)24-12-5-6-13-29(24)39-2/h5-9,12-18,22,36H,3-4,10-11,19H2,1-2H3,(H,32,38)(H,33,37). The molecule has 3 N–H and O–H groups in total. The van der Waals surface area contributed by atoms with Gasteiger partial charge >= 0.3 is 6.03 Å². The Bertz CT molecular complexity index is 1500. The molecule has 4 aromatic rings. The Kier molecular flexibility index (Phi) is 7.63. The molecule has 39 heavy (non-hydrogen) atoms. The third-order valence-electron chi connectivity index (χ3n) is 7.11. The van der Waals surface area contributed by atoms with Gasteiger partial charge in [0.15, 0.2) is 0 Å². The van der Waals surface area contributed by atoms with Crippen LogP contribution in [0.15, 0.2) is 72.8 Å². The number of aromatic nitrogens is 2. The second-order valence-electron chi connectivity index (χ2n) is 9.88. The highest BCUT2D eigenvalue weighted by Crippen LogP contribution is 2.38. The van der Waals surface area contributed by atoms with Gasteiger partial charge in [-0.15, -0.1) is 0 Å². The van der Waals surface area contributed by atoms with Gasteiger partial charge in [0.2, 0.25) is 0 Å². The number of rotatable bonds is 7. The second-order valence-corrected chi connectivity index (χ2v) is 9.88. The summed E-state index contributed by atoms with van der Waals surface area (Å²) in [4.78, 5) is 26.2. The first-order valence-electron chi connectivity index (χ1n) is 13.1. The Labute approximate surface area is 227 Å². The molecule has 1 aromatic heterocycles. The van der Waals surface area contributed by atoms with E-state index in [1.54, 1.807) is 36.4 Å². The van der Waals surface area contributed by atoms with Crippen LogP contribution in [0.1, 0.15) is 58.8 Å². The van der Waals surface area contributed by atoms with E-state index in [4.69, 9.17) is 4.74 Å². The minimum absolute atomic E-state index is 0.00748. The SMILES string of the molecule is COc1ccccc1C(=O)Nc1ccc(O)c(-c2cc(C3CCCC3)n(C(=O)NCc3cccc(C)c3)n2)c1. The molecule has 8 heteroatoms. The minimum atomic E-state index is -0.336. The second kappa shape index (κ2) is 11.4. The first-order valence-corrected chi connectivity index (χ1v) is 13.1. The van der Waals surface area contributed by atoms with Crippen LogP contribution < -0.4 is 15.4 Å². The van der Waals surface area contributed by atoms with Gasteiger partial charge in [0.25, 0.3) is 5.91 Å². The van der Waals surface area contributed by atoms with Crippen LogP contribution in [0, 0.1) is 6.92 Å². The fourth-order valence-corrected chi connectivity index (χ4v) is 5.13. The quantitative estimate of drug-likeness (QED) is 0.248. The van der Waals surface area contributed by atoms with E-state index in [2.05, 4.69) is 15.7 Å². The van der Waals surface area contributed by atoms with E-state index in [1.165, 1.54) is 17.9 Å². The van der Waals surface area contributed by atoms with E-state index in [-0.39, 0.29) is 23.6 Å². The number of ether oxygens (including phenoxy) is 1. The Hall–Kier alpha value is -4.59. The molecule has 1 fully saturated rings. The number of nitrogens with one attached hydrogen (secondary N) is 2. The van der Waals surface area contributed by atoms with Crippen molar-refractivity contribution in [3.63, 3.8) is 0 Å². The lowest BCUT2D eigenvalue weighted by molar-refractivity contribution is 0.102. The van der Waals surface area contributed by atoms with Gasteiger partial charge in [-0.3, -0.25) is 4.79 Å². The summed E-state index contributed by atoms with van der Waals surface area (Å²) in [5.41, 5.74) is 4.74. The van der Waals surface area contributed by atoms with Crippen LogP contribution in [0.2, 0.25) is 0 Å². The third kappa shape index (κ3) is 5.80. The number of anilines is 1. The molecule has 0 bridgehead atoms. The smallest absolute Gasteiger partial charge is 0.342 e. The number of hydrogen-bond acceptors (Lipinski definition) is 5. The summed E-state index contributed by atoms with van der Waals surface area (Å²) >= 11 is 0. The maximum atomic E-state index is 13.3. The van der Waals surface area contributed by atoms with Crippen molar-refractivity contribution in [3.8, 4) is 22.8 Å². The number of phenols is 1. The molecular weight excluding hydrogens is 492 g/mol. The molecule has 3 aromatic carbocycles. The first kappa shape index (κ1) is 26.0. The number of amides is 2. The highest BCUT2D eigenvalue weighted by molar-refractivity contribution is 6.06. The Morgan fingerprint density at radius 3 is 2.59 bits per heavy atom. The van der Waals surface area contributed by atoms with Crippen molar-refractivity contribution in [2.24, 2.45) is 0 Å². The zero-order valence-electron chi connectivity index (χ0n) is 22.1. The van der Waals surface area contributed by atoms with Gasteiger partial charge in [-0.05, 0) is 61.7 Å². The highest BCUT2D eigenvalue weighted by atomic mass is 16.5. The first-order chi connectivity index (χ1) is 18.9. The number of phenolic OH excluding ortho intramolecular Hbond substituents is 1. The number of aryl methyl sites for hydroxylation is 1. The van der Waals surface area contributed by atoms with Crippen molar-refractivity contribution in [2.75, 3.05) is 12.4 Å². The molecule has 5 rings (SSSR count). The minimum Gasteiger partial charge on any atom is -0.507 e. The summed E-state index contributed by atoms with van der Waals surface area (Å²) in [7, 11) is 1.51. The number of aromatic hydroxyl groups is 1. The maximum absolute atomic E-state index is 13.3. The lowest BCUT2D eigenvalue weighted by Crippen LogP contribution is -2.30. The van der Waals surface area contributed by atoms with Crippen molar-refractivity contribution in [3.05, 3.63) is 95.2 Å². The monoisotopic (exact) mass is 524 g/mol. The number of carbonyl (C=O) groups excluding carboxylic acids is 2. The van der Waals surface area contributed by atoms with Crippen LogP contribution >= 0.6 is 0 Å². The number of hydrogen-bond donors (Lipinski definition) is 3. The van der Waals surface area contributed by atoms with Gasteiger partial charge in [0.05, 0.1) is 24.1 Å². The summed E-state index contributed by atoms with van der Waals surface area (Å²) in [5, 5.41) is 21.2. The van der Waals surface area contributed by atoms with Gasteiger partial charge in [0.1, 0.15) is 11.5 Å². The Morgan fingerprint density at radius 2 is 1.82 bits per heavy atom. The molecule has 200 valence electrons. The molecule has 2 amide bonds.